The van der Waals surface area contributed by atoms with E-state index in [4.69, 9.17) is 0 Å². The topological polar surface area (TPSA) is 25.2 Å². The SMILES string of the molecule is Cc1c(C)n(C)c2cc(C(C)CO)ccc12. The molecule has 0 bridgehead atoms. The predicted molar refractivity (Wildman–Crippen MR) is 67.9 cm³/mol. The summed E-state index contributed by atoms with van der Waals surface area (Å²) < 4.78 is 2.22. The van der Waals surface area contributed by atoms with Crippen LogP contribution in [0, 0.1) is 13.8 Å². The highest BCUT2D eigenvalue weighted by Gasteiger charge is 2.10. The Labute approximate surface area is 96.5 Å². The van der Waals surface area contributed by atoms with Crippen molar-refractivity contribution < 1.29 is 5.11 Å². The van der Waals surface area contributed by atoms with Gasteiger partial charge in [0.25, 0.3) is 0 Å². The van der Waals surface area contributed by atoms with Crippen molar-refractivity contribution in [2.24, 2.45) is 7.05 Å². The smallest absolute Gasteiger partial charge is 0.0497 e. The van der Waals surface area contributed by atoms with E-state index in [9.17, 15) is 5.11 Å². The fourth-order valence-electron chi connectivity index (χ4n) is 2.18. The first kappa shape index (κ1) is 11.2. The summed E-state index contributed by atoms with van der Waals surface area (Å²) in [7, 11) is 2.10. The van der Waals surface area contributed by atoms with Crippen LogP contribution in [0.1, 0.15) is 29.7 Å². The summed E-state index contributed by atoms with van der Waals surface area (Å²) in [6, 6.07) is 6.48. The second-order valence-electron chi connectivity index (χ2n) is 4.63. The number of aromatic nitrogens is 1. The maximum atomic E-state index is 9.18. The van der Waals surface area contributed by atoms with E-state index in [1.807, 2.05) is 6.92 Å². The lowest BCUT2D eigenvalue weighted by Crippen LogP contribution is -1.99. The number of rotatable bonds is 2. The Bertz CT molecular complexity index is 525. The molecule has 0 saturated heterocycles. The fraction of sp³-hybridized carbons (Fsp3) is 0.429. The molecule has 0 aliphatic carbocycles. The molecule has 86 valence electrons. The van der Waals surface area contributed by atoms with Gasteiger partial charge in [-0.3, -0.25) is 0 Å². The zero-order valence-corrected chi connectivity index (χ0v) is 10.4. The predicted octanol–water partition coefficient (Wildman–Crippen LogP) is 2.89. The Morgan fingerprint density at radius 1 is 1.31 bits per heavy atom. The number of hydrogen-bond donors (Lipinski definition) is 1. The molecule has 2 heteroatoms. The highest BCUT2D eigenvalue weighted by Crippen LogP contribution is 2.27. The normalized spacial score (nSPS) is 13.3. The standard InChI is InChI=1S/C14H19NO/c1-9(8-16)12-5-6-13-10(2)11(3)15(4)14(13)7-12/h5-7,9,16H,8H2,1-4H3. The maximum Gasteiger partial charge on any atom is 0.0497 e. The number of fused-ring (bicyclic) bond motifs is 1. The van der Waals surface area contributed by atoms with Crippen molar-refractivity contribution in [3.05, 3.63) is 35.0 Å². The molecule has 16 heavy (non-hydrogen) atoms. The van der Waals surface area contributed by atoms with Gasteiger partial charge in [0, 0.05) is 36.2 Å². The van der Waals surface area contributed by atoms with E-state index >= 15 is 0 Å². The monoisotopic (exact) mass is 217 g/mol. The van der Waals surface area contributed by atoms with E-state index in [-0.39, 0.29) is 12.5 Å². The Morgan fingerprint density at radius 2 is 2.00 bits per heavy atom. The van der Waals surface area contributed by atoms with E-state index in [0.29, 0.717) is 0 Å². The summed E-state index contributed by atoms with van der Waals surface area (Å²) >= 11 is 0. The maximum absolute atomic E-state index is 9.18. The molecule has 0 amide bonds. The van der Waals surface area contributed by atoms with Crippen molar-refractivity contribution in [3.63, 3.8) is 0 Å². The summed E-state index contributed by atoms with van der Waals surface area (Å²) in [5.41, 5.74) is 5.12. The molecular weight excluding hydrogens is 198 g/mol. The molecule has 1 unspecified atom stereocenters. The third kappa shape index (κ3) is 1.54. The number of aliphatic hydroxyl groups is 1. The van der Waals surface area contributed by atoms with Crippen molar-refractivity contribution in [2.75, 3.05) is 6.61 Å². The fourth-order valence-corrected chi connectivity index (χ4v) is 2.18. The van der Waals surface area contributed by atoms with Crippen molar-refractivity contribution >= 4 is 10.9 Å². The van der Waals surface area contributed by atoms with E-state index < -0.39 is 0 Å². The van der Waals surface area contributed by atoms with E-state index in [1.165, 1.54) is 27.7 Å². The highest BCUT2D eigenvalue weighted by molar-refractivity contribution is 5.85. The average molecular weight is 217 g/mol. The lowest BCUT2D eigenvalue weighted by molar-refractivity contribution is 0.273. The molecule has 1 N–H and O–H groups in total. The summed E-state index contributed by atoms with van der Waals surface area (Å²) in [5.74, 6) is 0.208. The van der Waals surface area contributed by atoms with Crippen molar-refractivity contribution in [3.8, 4) is 0 Å². The number of nitrogens with zero attached hydrogens (tertiary/aromatic N) is 1. The van der Waals surface area contributed by atoms with Crippen LogP contribution in [0.15, 0.2) is 18.2 Å². The lowest BCUT2D eigenvalue weighted by atomic mass is 10.0. The third-order valence-corrected chi connectivity index (χ3v) is 3.68. The van der Waals surface area contributed by atoms with Gasteiger partial charge in [-0.05, 0) is 31.0 Å². The first-order valence-corrected chi connectivity index (χ1v) is 5.72. The minimum Gasteiger partial charge on any atom is -0.396 e. The number of hydrogen-bond acceptors (Lipinski definition) is 1. The molecule has 0 radical (unpaired) electrons. The molecule has 1 aromatic heterocycles. The molecule has 2 aromatic rings. The van der Waals surface area contributed by atoms with Crippen molar-refractivity contribution in [2.45, 2.75) is 26.7 Å². The van der Waals surface area contributed by atoms with Crippen LogP contribution in [0.4, 0.5) is 0 Å². The molecule has 1 heterocycles. The molecular formula is C14H19NO. The molecule has 0 aliphatic rings. The van der Waals surface area contributed by atoms with Crippen molar-refractivity contribution in [1.29, 1.82) is 0 Å². The molecule has 1 aromatic carbocycles. The van der Waals surface area contributed by atoms with Crippen LogP contribution in [0.2, 0.25) is 0 Å². The quantitative estimate of drug-likeness (QED) is 0.822. The number of benzene rings is 1. The van der Waals surface area contributed by atoms with Crippen LogP contribution in [0.25, 0.3) is 10.9 Å². The summed E-state index contributed by atoms with van der Waals surface area (Å²) in [6.07, 6.45) is 0. The van der Waals surface area contributed by atoms with Gasteiger partial charge in [0.05, 0.1) is 0 Å². The molecule has 0 saturated carbocycles. The van der Waals surface area contributed by atoms with E-state index in [2.05, 4.69) is 43.7 Å². The lowest BCUT2D eigenvalue weighted by Gasteiger charge is -2.09. The molecule has 2 rings (SSSR count). The Morgan fingerprint density at radius 3 is 2.62 bits per heavy atom. The zero-order chi connectivity index (χ0) is 11.9. The van der Waals surface area contributed by atoms with Crippen LogP contribution in [-0.4, -0.2) is 16.3 Å². The Hall–Kier alpha value is -1.28. The van der Waals surface area contributed by atoms with Gasteiger partial charge in [-0.15, -0.1) is 0 Å². The van der Waals surface area contributed by atoms with Gasteiger partial charge in [0.2, 0.25) is 0 Å². The first-order chi connectivity index (χ1) is 7.56. The van der Waals surface area contributed by atoms with Gasteiger partial charge in [0.15, 0.2) is 0 Å². The zero-order valence-electron chi connectivity index (χ0n) is 10.4. The average Bonchev–Trinajstić information content (AvgIpc) is 2.53. The van der Waals surface area contributed by atoms with E-state index in [1.54, 1.807) is 0 Å². The molecule has 0 aliphatic heterocycles. The Balaban J connectivity index is 2.67. The summed E-state index contributed by atoms with van der Waals surface area (Å²) in [5, 5.41) is 10.5. The summed E-state index contributed by atoms with van der Waals surface area (Å²) in [6.45, 7) is 6.55. The minimum absolute atomic E-state index is 0.202. The Kier molecular flexibility index (Phi) is 2.76. The molecule has 1 atom stereocenters. The highest BCUT2D eigenvalue weighted by atomic mass is 16.3. The third-order valence-electron chi connectivity index (χ3n) is 3.68. The van der Waals surface area contributed by atoms with Crippen LogP contribution >= 0.6 is 0 Å². The van der Waals surface area contributed by atoms with Gasteiger partial charge in [-0.2, -0.15) is 0 Å². The van der Waals surface area contributed by atoms with Crippen molar-refractivity contribution in [1.82, 2.24) is 4.57 Å². The van der Waals surface area contributed by atoms with Gasteiger partial charge < -0.3 is 9.67 Å². The van der Waals surface area contributed by atoms with Crippen LogP contribution in [0.3, 0.4) is 0 Å². The number of aryl methyl sites for hydroxylation is 2. The first-order valence-electron chi connectivity index (χ1n) is 5.72. The summed E-state index contributed by atoms with van der Waals surface area (Å²) in [4.78, 5) is 0. The second kappa shape index (κ2) is 3.95. The molecule has 2 nitrogen and oxygen atoms in total. The molecule has 0 spiro atoms. The van der Waals surface area contributed by atoms with Gasteiger partial charge in [-0.1, -0.05) is 19.1 Å². The van der Waals surface area contributed by atoms with Gasteiger partial charge >= 0.3 is 0 Å². The van der Waals surface area contributed by atoms with Crippen LogP contribution < -0.4 is 0 Å². The van der Waals surface area contributed by atoms with Crippen LogP contribution in [0.5, 0.6) is 0 Å². The number of aliphatic hydroxyl groups excluding tert-OH is 1. The van der Waals surface area contributed by atoms with Gasteiger partial charge in [-0.25, -0.2) is 0 Å². The van der Waals surface area contributed by atoms with E-state index in [0.717, 1.165) is 0 Å². The second-order valence-corrected chi connectivity index (χ2v) is 4.63. The van der Waals surface area contributed by atoms with Gasteiger partial charge in [0.1, 0.15) is 0 Å². The van der Waals surface area contributed by atoms with Crippen LogP contribution in [-0.2, 0) is 7.05 Å². The molecule has 0 fully saturated rings. The largest absolute Gasteiger partial charge is 0.396 e. The minimum atomic E-state index is 0.202.